The number of benzene rings is 1. The van der Waals surface area contributed by atoms with Gasteiger partial charge in [0.1, 0.15) is 6.04 Å². The summed E-state index contributed by atoms with van der Waals surface area (Å²) in [5.41, 5.74) is 1.15. The Kier molecular flexibility index (Phi) is 4.31. The third-order valence-corrected chi connectivity index (χ3v) is 2.92. The standard InChI is InChI=1S/C15H18N2O/c1-17(15(18)14-10-5-11-16-14)12-6-9-13-7-3-2-4-8-13/h2-10,14,16H,11-12H2,1H3/b9-6+. The highest BCUT2D eigenvalue weighted by Crippen LogP contribution is 2.03. The highest BCUT2D eigenvalue weighted by Gasteiger charge is 2.20. The fraction of sp³-hybridized carbons (Fsp3) is 0.267. The zero-order valence-electron chi connectivity index (χ0n) is 10.5. The molecule has 1 aliphatic heterocycles. The number of hydrogen-bond acceptors (Lipinski definition) is 2. The Morgan fingerprint density at radius 1 is 1.44 bits per heavy atom. The molecular weight excluding hydrogens is 224 g/mol. The summed E-state index contributed by atoms with van der Waals surface area (Å²) in [5.74, 6) is 0.112. The molecule has 0 aliphatic carbocycles. The second-order valence-electron chi connectivity index (χ2n) is 4.35. The van der Waals surface area contributed by atoms with Gasteiger partial charge in [-0.05, 0) is 5.56 Å². The smallest absolute Gasteiger partial charge is 0.243 e. The second-order valence-corrected chi connectivity index (χ2v) is 4.35. The van der Waals surface area contributed by atoms with E-state index in [1.54, 1.807) is 4.90 Å². The van der Waals surface area contributed by atoms with Crippen LogP contribution < -0.4 is 5.32 Å². The summed E-state index contributed by atoms with van der Waals surface area (Å²) < 4.78 is 0. The van der Waals surface area contributed by atoms with Crippen LogP contribution in [-0.4, -0.2) is 37.0 Å². The van der Waals surface area contributed by atoms with Gasteiger partial charge in [-0.2, -0.15) is 0 Å². The lowest BCUT2D eigenvalue weighted by Gasteiger charge is -2.18. The van der Waals surface area contributed by atoms with Crippen LogP contribution in [0.4, 0.5) is 0 Å². The van der Waals surface area contributed by atoms with Gasteiger partial charge >= 0.3 is 0 Å². The highest BCUT2D eigenvalue weighted by molar-refractivity contribution is 5.84. The lowest BCUT2D eigenvalue weighted by molar-refractivity contribution is -0.130. The van der Waals surface area contributed by atoms with E-state index in [2.05, 4.69) is 5.32 Å². The summed E-state index contributed by atoms with van der Waals surface area (Å²) in [4.78, 5) is 13.7. The van der Waals surface area contributed by atoms with Crippen LogP contribution in [0.3, 0.4) is 0 Å². The van der Waals surface area contributed by atoms with Crippen LogP contribution in [0, 0.1) is 0 Å². The van der Waals surface area contributed by atoms with E-state index < -0.39 is 0 Å². The van der Waals surface area contributed by atoms with Crippen molar-refractivity contribution in [2.24, 2.45) is 0 Å². The number of hydrogen-bond donors (Lipinski definition) is 1. The first-order valence-corrected chi connectivity index (χ1v) is 6.14. The maximum atomic E-state index is 12.0. The number of carbonyl (C=O) groups is 1. The van der Waals surface area contributed by atoms with Crippen molar-refractivity contribution in [3.8, 4) is 0 Å². The molecule has 1 unspecified atom stereocenters. The van der Waals surface area contributed by atoms with E-state index in [-0.39, 0.29) is 11.9 Å². The molecule has 0 bridgehead atoms. The van der Waals surface area contributed by atoms with Crippen molar-refractivity contribution < 1.29 is 4.79 Å². The van der Waals surface area contributed by atoms with Gasteiger partial charge in [0.05, 0.1) is 0 Å². The molecule has 0 radical (unpaired) electrons. The van der Waals surface area contributed by atoms with Gasteiger partial charge in [-0.3, -0.25) is 10.1 Å². The number of amides is 1. The highest BCUT2D eigenvalue weighted by atomic mass is 16.2. The molecule has 1 aromatic carbocycles. The predicted molar refractivity (Wildman–Crippen MR) is 74.0 cm³/mol. The zero-order valence-corrected chi connectivity index (χ0v) is 10.5. The number of likely N-dealkylation sites (N-methyl/N-ethyl adjacent to an activating group) is 1. The van der Waals surface area contributed by atoms with Gasteiger partial charge in [0.25, 0.3) is 0 Å². The molecule has 1 N–H and O–H groups in total. The van der Waals surface area contributed by atoms with E-state index in [1.165, 1.54) is 0 Å². The minimum absolute atomic E-state index is 0.112. The van der Waals surface area contributed by atoms with Crippen LogP contribution in [0.15, 0.2) is 48.6 Å². The van der Waals surface area contributed by atoms with Crippen molar-refractivity contribution in [2.45, 2.75) is 6.04 Å². The Balaban J connectivity index is 1.84. The first-order valence-electron chi connectivity index (χ1n) is 6.14. The number of nitrogens with one attached hydrogen (secondary N) is 1. The maximum absolute atomic E-state index is 12.0. The zero-order chi connectivity index (χ0) is 12.8. The van der Waals surface area contributed by atoms with Crippen molar-refractivity contribution in [3.05, 3.63) is 54.1 Å². The van der Waals surface area contributed by atoms with Crippen molar-refractivity contribution in [1.82, 2.24) is 10.2 Å². The Labute approximate surface area is 108 Å². The maximum Gasteiger partial charge on any atom is 0.243 e. The molecule has 0 fully saturated rings. The van der Waals surface area contributed by atoms with Gasteiger partial charge in [0, 0.05) is 20.1 Å². The molecule has 1 atom stereocenters. The molecule has 1 amide bonds. The molecule has 3 nitrogen and oxygen atoms in total. The van der Waals surface area contributed by atoms with E-state index in [9.17, 15) is 4.79 Å². The Morgan fingerprint density at radius 2 is 2.22 bits per heavy atom. The van der Waals surface area contributed by atoms with Crippen LogP contribution in [0.1, 0.15) is 5.56 Å². The van der Waals surface area contributed by atoms with E-state index in [0.29, 0.717) is 6.54 Å². The minimum atomic E-state index is -0.153. The fourth-order valence-electron chi connectivity index (χ4n) is 1.88. The molecule has 1 aromatic rings. The summed E-state index contributed by atoms with van der Waals surface area (Å²) in [6, 6.07) is 9.92. The molecule has 18 heavy (non-hydrogen) atoms. The van der Waals surface area contributed by atoms with E-state index in [4.69, 9.17) is 0 Å². The van der Waals surface area contributed by atoms with Crippen LogP contribution in [-0.2, 0) is 4.79 Å². The van der Waals surface area contributed by atoms with Gasteiger partial charge in [-0.1, -0.05) is 54.6 Å². The summed E-state index contributed by atoms with van der Waals surface area (Å²) in [6.07, 6.45) is 7.93. The molecule has 0 spiro atoms. The molecule has 0 aromatic heterocycles. The van der Waals surface area contributed by atoms with Crippen molar-refractivity contribution in [2.75, 3.05) is 20.1 Å². The van der Waals surface area contributed by atoms with Crippen molar-refractivity contribution in [3.63, 3.8) is 0 Å². The van der Waals surface area contributed by atoms with E-state index >= 15 is 0 Å². The van der Waals surface area contributed by atoms with Gasteiger partial charge in [-0.15, -0.1) is 0 Å². The monoisotopic (exact) mass is 242 g/mol. The molecule has 3 heteroatoms. The lowest BCUT2D eigenvalue weighted by Crippen LogP contribution is -2.41. The van der Waals surface area contributed by atoms with Gasteiger partial charge in [0.15, 0.2) is 0 Å². The third-order valence-electron chi connectivity index (χ3n) is 2.92. The van der Waals surface area contributed by atoms with E-state index in [0.717, 1.165) is 12.1 Å². The Morgan fingerprint density at radius 3 is 2.89 bits per heavy atom. The average Bonchev–Trinajstić information content (AvgIpc) is 2.93. The molecule has 94 valence electrons. The predicted octanol–water partition coefficient (Wildman–Crippen LogP) is 1.69. The van der Waals surface area contributed by atoms with Gasteiger partial charge in [-0.25, -0.2) is 0 Å². The van der Waals surface area contributed by atoms with Crippen molar-refractivity contribution in [1.29, 1.82) is 0 Å². The first kappa shape index (κ1) is 12.6. The summed E-state index contributed by atoms with van der Waals surface area (Å²) in [7, 11) is 1.82. The van der Waals surface area contributed by atoms with Crippen LogP contribution in [0.2, 0.25) is 0 Å². The number of carbonyl (C=O) groups excluding carboxylic acids is 1. The molecule has 1 aliphatic rings. The Bertz CT molecular complexity index is 451. The topological polar surface area (TPSA) is 32.3 Å². The summed E-state index contributed by atoms with van der Waals surface area (Å²) in [6.45, 7) is 1.41. The number of rotatable bonds is 4. The quantitative estimate of drug-likeness (QED) is 0.815. The fourth-order valence-corrected chi connectivity index (χ4v) is 1.88. The lowest BCUT2D eigenvalue weighted by atomic mass is 10.2. The average molecular weight is 242 g/mol. The number of nitrogens with zero attached hydrogens (tertiary/aromatic N) is 1. The van der Waals surface area contributed by atoms with Crippen LogP contribution in [0.25, 0.3) is 6.08 Å². The van der Waals surface area contributed by atoms with Crippen LogP contribution in [0.5, 0.6) is 0 Å². The molecule has 1 heterocycles. The van der Waals surface area contributed by atoms with E-state index in [1.807, 2.05) is 61.7 Å². The molecule has 2 rings (SSSR count). The summed E-state index contributed by atoms with van der Waals surface area (Å²) >= 11 is 0. The SMILES string of the molecule is CN(C/C=C/c1ccccc1)C(=O)C1C=CCN1. The first-order chi connectivity index (χ1) is 8.77. The summed E-state index contributed by atoms with van der Waals surface area (Å²) in [5, 5.41) is 3.12. The van der Waals surface area contributed by atoms with Crippen molar-refractivity contribution >= 4 is 12.0 Å². The van der Waals surface area contributed by atoms with Crippen LogP contribution >= 0.6 is 0 Å². The molecule has 0 saturated carbocycles. The largest absolute Gasteiger partial charge is 0.340 e. The minimum Gasteiger partial charge on any atom is -0.340 e. The normalized spacial score (nSPS) is 18.4. The third kappa shape index (κ3) is 3.31. The van der Waals surface area contributed by atoms with Gasteiger partial charge < -0.3 is 4.90 Å². The Hall–Kier alpha value is -1.87. The molecular formula is C15H18N2O. The second kappa shape index (κ2) is 6.17. The van der Waals surface area contributed by atoms with Gasteiger partial charge in [0.2, 0.25) is 5.91 Å². The molecule has 0 saturated heterocycles.